The number of hydrogen-bond donors (Lipinski definition) is 1. The van der Waals surface area contributed by atoms with E-state index in [2.05, 4.69) is 35.9 Å². The molecule has 0 unspecified atom stereocenters. The fraction of sp³-hybridized carbons (Fsp3) is 0.750. The molecule has 0 rings (SSSR count). The lowest BCUT2D eigenvalue weighted by Crippen LogP contribution is -2.21. The van der Waals surface area contributed by atoms with E-state index in [1.807, 2.05) is 6.92 Å². The molecule has 2 heteroatoms. The predicted molar refractivity (Wildman–Crippen MR) is 95.3 cm³/mol. The molecule has 0 bridgehead atoms. The molecule has 0 saturated carbocycles. The van der Waals surface area contributed by atoms with Gasteiger partial charge in [-0.25, -0.2) is 0 Å². The maximum atomic E-state index is 11.2. The molecule has 124 valence electrons. The predicted octanol–water partition coefficient (Wildman–Crippen LogP) is 4.83. The van der Waals surface area contributed by atoms with Crippen molar-refractivity contribution in [2.45, 2.75) is 90.9 Å². The SMILES string of the molecule is CCCCCCCCCCC#CC#CCCCC(=O)NCC. The molecular weight excluding hydrogens is 270 g/mol. The third-order valence-corrected chi connectivity index (χ3v) is 3.47. The van der Waals surface area contributed by atoms with Crippen molar-refractivity contribution in [3.05, 3.63) is 0 Å². The highest BCUT2D eigenvalue weighted by atomic mass is 16.1. The molecule has 0 aromatic heterocycles. The first kappa shape index (κ1) is 20.6. The average Bonchev–Trinajstić information content (AvgIpc) is 2.51. The van der Waals surface area contributed by atoms with Gasteiger partial charge in [-0.2, -0.15) is 0 Å². The molecule has 1 N–H and O–H groups in total. The molecule has 0 atom stereocenters. The molecule has 1 amide bonds. The number of unbranched alkanes of at least 4 members (excludes halogenated alkanes) is 9. The Morgan fingerprint density at radius 3 is 1.91 bits per heavy atom. The van der Waals surface area contributed by atoms with Crippen LogP contribution >= 0.6 is 0 Å². The molecule has 0 aliphatic carbocycles. The van der Waals surface area contributed by atoms with Crippen LogP contribution < -0.4 is 5.32 Å². The first-order chi connectivity index (χ1) is 10.8. The summed E-state index contributed by atoms with van der Waals surface area (Å²) in [5.74, 6) is 12.0. The van der Waals surface area contributed by atoms with Gasteiger partial charge in [0.1, 0.15) is 0 Å². The van der Waals surface area contributed by atoms with E-state index in [9.17, 15) is 4.79 Å². The Hall–Kier alpha value is -1.41. The average molecular weight is 303 g/mol. The number of carbonyl (C=O) groups excluding carboxylic acids is 1. The van der Waals surface area contributed by atoms with Crippen LogP contribution in [0.5, 0.6) is 0 Å². The standard InChI is InChI=1S/C20H33NO/c1-3-5-6-7-8-9-10-11-12-13-14-15-16-17-18-19-20(22)21-4-2/h3-12,17-19H2,1-2H3,(H,21,22). The van der Waals surface area contributed by atoms with Crippen molar-refractivity contribution in [2.24, 2.45) is 0 Å². The molecule has 0 aromatic rings. The summed E-state index contributed by atoms with van der Waals surface area (Å²) < 4.78 is 0. The second-order valence-electron chi connectivity index (χ2n) is 5.64. The van der Waals surface area contributed by atoms with Crippen LogP contribution in [0.2, 0.25) is 0 Å². The number of amides is 1. The maximum Gasteiger partial charge on any atom is 0.220 e. The Labute approximate surface area is 137 Å². The molecule has 2 nitrogen and oxygen atoms in total. The minimum absolute atomic E-state index is 0.116. The third-order valence-electron chi connectivity index (χ3n) is 3.47. The van der Waals surface area contributed by atoms with Crippen LogP contribution in [-0.2, 0) is 4.79 Å². The zero-order valence-electron chi connectivity index (χ0n) is 14.6. The minimum Gasteiger partial charge on any atom is -0.356 e. The van der Waals surface area contributed by atoms with Crippen LogP contribution in [0.25, 0.3) is 0 Å². The van der Waals surface area contributed by atoms with Crippen molar-refractivity contribution in [1.29, 1.82) is 0 Å². The topological polar surface area (TPSA) is 29.1 Å². The van der Waals surface area contributed by atoms with Crippen molar-refractivity contribution in [2.75, 3.05) is 6.54 Å². The van der Waals surface area contributed by atoms with E-state index in [1.165, 1.54) is 51.4 Å². The van der Waals surface area contributed by atoms with Crippen LogP contribution in [0.4, 0.5) is 0 Å². The van der Waals surface area contributed by atoms with Gasteiger partial charge in [-0.3, -0.25) is 4.79 Å². The van der Waals surface area contributed by atoms with Crippen molar-refractivity contribution >= 4 is 5.91 Å². The zero-order chi connectivity index (χ0) is 16.3. The quantitative estimate of drug-likeness (QED) is 0.406. The molecular formula is C20H33NO. The van der Waals surface area contributed by atoms with Crippen LogP contribution in [0.1, 0.15) is 90.9 Å². The zero-order valence-corrected chi connectivity index (χ0v) is 14.6. The highest BCUT2D eigenvalue weighted by Gasteiger charge is 1.96. The highest BCUT2D eigenvalue weighted by Crippen LogP contribution is 2.08. The molecule has 0 aromatic carbocycles. The van der Waals surface area contributed by atoms with Crippen molar-refractivity contribution in [3.63, 3.8) is 0 Å². The molecule has 22 heavy (non-hydrogen) atoms. The third kappa shape index (κ3) is 16.6. The Morgan fingerprint density at radius 1 is 0.773 bits per heavy atom. The summed E-state index contributed by atoms with van der Waals surface area (Å²) in [5.41, 5.74) is 0. The fourth-order valence-corrected chi connectivity index (χ4v) is 2.18. The van der Waals surface area contributed by atoms with Gasteiger partial charge in [-0.05, 0) is 31.6 Å². The largest absolute Gasteiger partial charge is 0.356 e. The fourth-order valence-electron chi connectivity index (χ4n) is 2.18. The lowest BCUT2D eigenvalue weighted by atomic mass is 10.1. The van der Waals surface area contributed by atoms with Crippen LogP contribution in [0.15, 0.2) is 0 Å². The maximum absolute atomic E-state index is 11.2. The van der Waals surface area contributed by atoms with Gasteiger partial charge in [0.15, 0.2) is 0 Å². The van der Waals surface area contributed by atoms with E-state index >= 15 is 0 Å². The number of carbonyl (C=O) groups is 1. The first-order valence-electron chi connectivity index (χ1n) is 9.03. The van der Waals surface area contributed by atoms with E-state index in [4.69, 9.17) is 0 Å². The van der Waals surface area contributed by atoms with E-state index < -0.39 is 0 Å². The smallest absolute Gasteiger partial charge is 0.220 e. The molecule has 0 radical (unpaired) electrons. The number of rotatable bonds is 12. The van der Waals surface area contributed by atoms with Crippen molar-refractivity contribution in [1.82, 2.24) is 5.32 Å². The van der Waals surface area contributed by atoms with Gasteiger partial charge < -0.3 is 5.32 Å². The molecule has 0 fully saturated rings. The normalized spacial score (nSPS) is 9.36. The monoisotopic (exact) mass is 303 g/mol. The molecule has 0 aliphatic heterocycles. The Morgan fingerprint density at radius 2 is 1.32 bits per heavy atom. The summed E-state index contributed by atoms with van der Waals surface area (Å²) in [7, 11) is 0. The van der Waals surface area contributed by atoms with Gasteiger partial charge in [0.05, 0.1) is 0 Å². The Kier molecular flexibility index (Phi) is 16.5. The minimum atomic E-state index is 0.116. The summed E-state index contributed by atoms with van der Waals surface area (Å²) in [6, 6.07) is 0. The van der Waals surface area contributed by atoms with Crippen LogP contribution in [0.3, 0.4) is 0 Å². The molecule has 0 heterocycles. The number of hydrogen-bond acceptors (Lipinski definition) is 1. The molecule has 0 saturated heterocycles. The summed E-state index contributed by atoms with van der Waals surface area (Å²) in [4.78, 5) is 11.2. The van der Waals surface area contributed by atoms with Gasteiger partial charge in [0.25, 0.3) is 0 Å². The van der Waals surface area contributed by atoms with Crippen molar-refractivity contribution < 1.29 is 4.79 Å². The van der Waals surface area contributed by atoms with Gasteiger partial charge in [0, 0.05) is 25.8 Å². The lowest BCUT2D eigenvalue weighted by molar-refractivity contribution is -0.121. The van der Waals surface area contributed by atoms with Crippen molar-refractivity contribution in [3.8, 4) is 23.7 Å². The van der Waals surface area contributed by atoms with E-state index in [0.717, 1.165) is 19.3 Å². The van der Waals surface area contributed by atoms with Gasteiger partial charge in [-0.15, -0.1) is 0 Å². The second-order valence-corrected chi connectivity index (χ2v) is 5.64. The molecule has 0 spiro atoms. The second kappa shape index (κ2) is 17.6. The van der Waals surface area contributed by atoms with E-state index in [0.29, 0.717) is 13.0 Å². The van der Waals surface area contributed by atoms with Gasteiger partial charge in [0.2, 0.25) is 5.91 Å². The Bertz CT molecular complexity index is 378. The summed E-state index contributed by atoms with van der Waals surface area (Å²) in [6.45, 7) is 4.89. The first-order valence-corrected chi connectivity index (χ1v) is 9.03. The van der Waals surface area contributed by atoms with E-state index in [-0.39, 0.29) is 5.91 Å². The van der Waals surface area contributed by atoms with Gasteiger partial charge >= 0.3 is 0 Å². The highest BCUT2D eigenvalue weighted by molar-refractivity contribution is 5.75. The lowest BCUT2D eigenvalue weighted by Gasteiger charge is -1.98. The van der Waals surface area contributed by atoms with E-state index in [1.54, 1.807) is 0 Å². The Balaban J connectivity index is 3.35. The summed E-state index contributed by atoms with van der Waals surface area (Å²) in [6.07, 6.45) is 13.8. The summed E-state index contributed by atoms with van der Waals surface area (Å²) >= 11 is 0. The summed E-state index contributed by atoms with van der Waals surface area (Å²) in [5, 5.41) is 2.78. The van der Waals surface area contributed by atoms with Gasteiger partial charge in [-0.1, -0.05) is 63.7 Å². The van der Waals surface area contributed by atoms with Crippen LogP contribution in [0, 0.1) is 23.7 Å². The number of nitrogens with one attached hydrogen (secondary N) is 1. The molecule has 0 aliphatic rings. The van der Waals surface area contributed by atoms with Crippen LogP contribution in [-0.4, -0.2) is 12.5 Å².